The van der Waals surface area contributed by atoms with Crippen LogP contribution in [0.5, 0.6) is 0 Å². The van der Waals surface area contributed by atoms with Crippen LogP contribution in [0.1, 0.15) is 36.8 Å². The maximum atomic E-state index is 14.0. The van der Waals surface area contributed by atoms with Gasteiger partial charge >= 0.3 is 0 Å². The molecule has 0 spiro atoms. The Balaban J connectivity index is 1.37. The summed E-state index contributed by atoms with van der Waals surface area (Å²) in [4.78, 5) is 20.1. The molecule has 1 aromatic heterocycles. The second-order valence-corrected chi connectivity index (χ2v) is 9.25. The van der Waals surface area contributed by atoms with Gasteiger partial charge in [-0.15, -0.1) is 0 Å². The Morgan fingerprint density at radius 3 is 2.84 bits per heavy atom. The molecule has 0 N–H and O–H groups in total. The van der Waals surface area contributed by atoms with Gasteiger partial charge in [0.15, 0.2) is 0 Å². The van der Waals surface area contributed by atoms with E-state index in [1.165, 1.54) is 17.0 Å². The van der Waals surface area contributed by atoms with E-state index in [0.717, 1.165) is 43.1 Å². The fourth-order valence-electron chi connectivity index (χ4n) is 5.48. The highest BCUT2D eigenvalue weighted by Gasteiger charge is 2.45. The Hall–Kier alpha value is -2.79. The molecule has 1 aliphatic carbocycles. The number of hydrogen-bond donors (Lipinski definition) is 0. The molecule has 2 aromatic carbocycles. The van der Waals surface area contributed by atoms with E-state index in [1.807, 2.05) is 29.4 Å². The van der Waals surface area contributed by atoms with E-state index in [4.69, 9.17) is 4.74 Å². The quantitative estimate of drug-likeness (QED) is 0.589. The number of fused-ring (bicyclic) bond motifs is 1. The lowest BCUT2D eigenvalue weighted by Gasteiger charge is -2.35. The van der Waals surface area contributed by atoms with Crippen molar-refractivity contribution in [1.82, 2.24) is 9.88 Å². The smallest absolute Gasteiger partial charge is 0.233 e. The minimum absolute atomic E-state index is 0.138. The molecule has 32 heavy (non-hydrogen) atoms. The summed E-state index contributed by atoms with van der Waals surface area (Å²) < 4.78 is 19.9. The van der Waals surface area contributed by atoms with E-state index in [9.17, 15) is 9.18 Å². The average molecular weight is 433 g/mol. The Labute approximate surface area is 188 Å². The minimum atomic E-state index is -0.606. The Kier molecular flexibility index (Phi) is 5.92. The molecule has 2 aliphatic rings. The molecule has 5 rings (SSSR count). The van der Waals surface area contributed by atoms with Crippen molar-refractivity contribution >= 4 is 16.7 Å². The third-order valence-corrected chi connectivity index (χ3v) is 7.10. The largest absolute Gasteiger partial charge is 0.379 e. The van der Waals surface area contributed by atoms with Crippen LogP contribution in [-0.2, 0) is 21.4 Å². The van der Waals surface area contributed by atoms with Crippen LogP contribution in [0, 0.1) is 11.7 Å². The number of benzene rings is 2. The lowest BCUT2D eigenvalue weighted by molar-refractivity contribution is -0.137. The van der Waals surface area contributed by atoms with Crippen molar-refractivity contribution in [2.24, 2.45) is 5.92 Å². The van der Waals surface area contributed by atoms with Crippen molar-refractivity contribution in [2.75, 3.05) is 26.3 Å². The van der Waals surface area contributed by atoms with Crippen LogP contribution in [0.25, 0.3) is 10.8 Å². The molecule has 1 unspecified atom stereocenters. The Morgan fingerprint density at radius 2 is 2.00 bits per heavy atom. The van der Waals surface area contributed by atoms with Crippen LogP contribution in [0.4, 0.5) is 4.39 Å². The van der Waals surface area contributed by atoms with Crippen LogP contribution >= 0.6 is 0 Å². The fourth-order valence-corrected chi connectivity index (χ4v) is 5.48. The van der Waals surface area contributed by atoms with Gasteiger partial charge in [-0.2, -0.15) is 0 Å². The molecule has 3 aromatic rings. The first-order chi connectivity index (χ1) is 15.6. The van der Waals surface area contributed by atoms with E-state index in [-0.39, 0.29) is 17.6 Å². The lowest BCUT2D eigenvalue weighted by Crippen LogP contribution is -2.47. The zero-order valence-corrected chi connectivity index (χ0v) is 18.3. The van der Waals surface area contributed by atoms with E-state index < -0.39 is 5.41 Å². The van der Waals surface area contributed by atoms with Gasteiger partial charge in [0, 0.05) is 36.8 Å². The van der Waals surface area contributed by atoms with Crippen molar-refractivity contribution in [3.05, 3.63) is 77.9 Å². The first kappa shape index (κ1) is 21.1. The summed E-state index contributed by atoms with van der Waals surface area (Å²) in [6.45, 7) is 2.44. The van der Waals surface area contributed by atoms with Crippen LogP contribution in [0.15, 0.2) is 60.9 Å². The number of carbonyl (C=O) groups is 1. The molecular formula is C27H29FN2O2. The van der Waals surface area contributed by atoms with Gasteiger partial charge in [0.1, 0.15) is 5.82 Å². The molecule has 1 saturated carbocycles. The molecule has 0 bridgehead atoms. The summed E-state index contributed by atoms with van der Waals surface area (Å²) in [6, 6.07) is 15.1. The molecule has 5 heteroatoms. The molecule has 0 radical (unpaired) electrons. The maximum Gasteiger partial charge on any atom is 0.233 e. The highest BCUT2D eigenvalue weighted by molar-refractivity contribution is 5.88. The number of amides is 1. The number of pyridine rings is 1. The first-order valence-electron chi connectivity index (χ1n) is 11.6. The van der Waals surface area contributed by atoms with Gasteiger partial charge in [-0.3, -0.25) is 9.78 Å². The fraction of sp³-hybridized carbons (Fsp3) is 0.407. The first-order valence-corrected chi connectivity index (χ1v) is 11.6. The maximum absolute atomic E-state index is 14.0. The summed E-state index contributed by atoms with van der Waals surface area (Å²) in [6.07, 6.45) is 8.12. The summed E-state index contributed by atoms with van der Waals surface area (Å²) in [5.41, 5.74) is 1.45. The Morgan fingerprint density at radius 1 is 1.12 bits per heavy atom. The molecule has 2 heterocycles. The zero-order chi connectivity index (χ0) is 22.0. The number of hydrogen-bond acceptors (Lipinski definition) is 3. The molecule has 1 atom stereocenters. The van der Waals surface area contributed by atoms with Crippen molar-refractivity contribution in [3.63, 3.8) is 0 Å². The topological polar surface area (TPSA) is 42.4 Å². The molecule has 1 aliphatic heterocycles. The number of rotatable bonds is 4. The SMILES string of the molecule is O=C(N1CCOCC(Cc2ccc3ccncc3c2)C1)C1(c2cccc(F)c2)CCCC1. The second kappa shape index (κ2) is 8.99. The van der Waals surface area contributed by atoms with Gasteiger partial charge < -0.3 is 9.64 Å². The number of carbonyl (C=O) groups excluding carboxylic acids is 1. The Bertz CT molecular complexity index is 1110. The van der Waals surface area contributed by atoms with Crippen LogP contribution < -0.4 is 0 Å². The van der Waals surface area contributed by atoms with Crippen LogP contribution in [0.3, 0.4) is 0 Å². The summed E-state index contributed by atoms with van der Waals surface area (Å²) in [5, 5.41) is 2.31. The zero-order valence-electron chi connectivity index (χ0n) is 18.3. The summed E-state index contributed by atoms with van der Waals surface area (Å²) in [5.74, 6) is 0.0878. The van der Waals surface area contributed by atoms with Gasteiger partial charge in [0.25, 0.3) is 0 Å². The van der Waals surface area contributed by atoms with Gasteiger partial charge in [0.05, 0.1) is 18.6 Å². The van der Waals surface area contributed by atoms with Gasteiger partial charge in [-0.1, -0.05) is 37.1 Å². The van der Waals surface area contributed by atoms with Crippen molar-refractivity contribution < 1.29 is 13.9 Å². The van der Waals surface area contributed by atoms with Gasteiger partial charge in [-0.05, 0) is 60.0 Å². The van der Waals surface area contributed by atoms with Crippen molar-refractivity contribution in [2.45, 2.75) is 37.5 Å². The normalized spacial score (nSPS) is 20.9. The predicted molar refractivity (Wildman–Crippen MR) is 123 cm³/mol. The van der Waals surface area contributed by atoms with Crippen molar-refractivity contribution in [3.8, 4) is 0 Å². The van der Waals surface area contributed by atoms with Crippen LogP contribution in [-0.4, -0.2) is 42.1 Å². The molecule has 4 nitrogen and oxygen atoms in total. The number of aromatic nitrogens is 1. The van der Waals surface area contributed by atoms with E-state index in [2.05, 4.69) is 23.2 Å². The second-order valence-electron chi connectivity index (χ2n) is 9.25. The highest BCUT2D eigenvalue weighted by Crippen LogP contribution is 2.43. The van der Waals surface area contributed by atoms with Crippen molar-refractivity contribution in [1.29, 1.82) is 0 Å². The summed E-state index contributed by atoms with van der Waals surface area (Å²) in [7, 11) is 0. The molecule has 2 fully saturated rings. The average Bonchev–Trinajstić information content (AvgIpc) is 3.20. The summed E-state index contributed by atoms with van der Waals surface area (Å²) >= 11 is 0. The van der Waals surface area contributed by atoms with Gasteiger partial charge in [0.2, 0.25) is 5.91 Å². The molecular weight excluding hydrogens is 403 g/mol. The predicted octanol–water partition coefficient (Wildman–Crippen LogP) is 4.90. The minimum Gasteiger partial charge on any atom is -0.379 e. The van der Waals surface area contributed by atoms with E-state index in [0.29, 0.717) is 26.3 Å². The third kappa shape index (κ3) is 4.14. The third-order valence-electron chi connectivity index (χ3n) is 7.10. The van der Waals surface area contributed by atoms with E-state index in [1.54, 1.807) is 12.1 Å². The standard InChI is InChI=1S/C27H29FN2O2/c28-25-5-3-4-24(16-25)27(9-1-2-10-27)26(31)30-12-13-32-19-21(18-30)14-20-6-7-22-8-11-29-17-23(22)15-20/h3-8,11,15-17,21H,1-2,9-10,12-14,18-19H2. The number of halogens is 1. The highest BCUT2D eigenvalue weighted by atomic mass is 19.1. The van der Waals surface area contributed by atoms with Gasteiger partial charge in [-0.25, -0.2) is 4.39 Å². The van der Waals surface area contributed by atoms with Crippen LogP contribution in [0.2, 0.25) is 0 Å². The molecule has 1 saturated heterocycles. The molecule has 1 amide bonds. The monoisotopic (exact) mass is 432 g/mol. The number of ether oxygens (including phenoxy) is 1. The van der Waals surface area contributed by atoms with E-state index >= 15 is 0 Å². The lowest BCUT2D eigenvalue weighted by atomic mass is 9.77. The molecule has 166 valence electrons. The number of nitrogens with zero attached hydrogens (tertiary/aromatic N) is 2.